The molecular formula is C17H24ClN3O2. The Bertz CT molecular complexity index is 546. The molecule has 3 rings (SSSR count). The molecule has 0 aromatic carbocycles. The fourth-order valence-corrected chi connectivity index (χ4v) is 3.87. The first-order chi connectivity index (χ1) is 11.1. The van der Waals surface area contributed by atoms with Gasteiger partial charge in [0.2, 0.25) is 5.91 Å². The predicted octanol–water partition coefficient (Wildman–Crippen LogP) is 2.23. The van der Waals surface area contributed by atoms with Crippen LogP contribution >= 0.6 is 11.6 Å². The molecule has 5 nitrogen and oxygen atoms in total. The summed E-state index contributed by atoms with van der Waals surface area (Å²) in [5.74, 6) is 0.310. The second-order valence-corrected chi connectivity index (χ2v) is 7.04. The standard InChI is InChI=1S/C17H24ClN3O2/c18-15-10-20-5-1-13(15)11-21-6-2-12(3-7-21)9-16-14(17(19)22)4-8-23-16/h1,5,10,12,14,16H,2-4,6-9,11H2,(H2,19,22)/t14-,16-/m1/s1. The van der Waals surface area contributed by atoms with E-state index in [4.69, 9.17) is 22.1 Å². The van der Waals surface area contributed by atoms with Crippen molar-refractivity contribution in [3.05, 3.63) is 29.0 Å². The molecule has 1 amide bonds. The number of ether oxygens (including phenoxy) is 1. The van der Waals surface area contributed by atoms with Crippen LogP contribution in [0.5, 0.6) is 0 Å². The van der Waals surface area contributed by atoms with E-state index in [0.29, 0.717) is 12.5 Å². The van der Waals surface area contributed by atoms with Crippen molar-refractivity contribution in [1.82, 2.24) is 9.88 Å². The molecule has 0 aliphatic carbocycles. The van der Waals surface area contributed by atoms with Crippen molar-refractivity contribution in [3.8, 4) is 0 Å². The summed E-state index contributed by atoms with van der Waals surface area (Å²) < 4.78 is 5.73. The first kappa shape index (κ1) is 16.7. The summed E-state index contributed by atoms with van der Waals surface area (Å²) in [4.78, 5) is 17.9. The van der Waals surface area contributed by atoms with E-state index >= 15 is 0 Å². The molecule has 2 N–H and O–H groups in total. The summed E-state index contributed by atoms with van der Waals surface area (Å²) in [5.41, 5.74) is 6.60. The number of rotatable bonds is 5. The Balaban J connectivity index is 1.47. The molecule has 126 valence electrons. The van der Waals surface area contributed by atoms with E-state index in [1.54, 1.807) is 12.4 Å². The highest BCUT2D eigenvalue weighted by atomic mass is 35.5. The van der Waals surface area contributed by atoms with Gasteiger partial charge in [-0.15, -0.1) is 0 Å². The Kier molecular flexibility index (Phi) is 5.51. The van der Waals surface area contributed by atoms with E-state index in [9.17, 15) is 4.79 Å². The van der Waals surface area contributed by atoms with Gasteiger partial charge in [0.05, 0.1) is 17.0 Å². The molecule has 2 aliphatic heterocycles. The second-order valence-electron chi connectivity index (χ2n) is 6.63. The van der Waals surface area contributed by atoms with E-state index in [0.717, 1.165) is 55.9 Å². The van der Waals surface area contributed by atoms with Crippen LogP contribution in [-0.2, 0) is 16.1 Å². The lowest BCUT2D eigenvalue weighted by Gasteiger charge is -2.33. The van der Waals surface area contributed by atoms with Crippen molar-refractivity contribution in [1.29, 1.82) is 0 Å². The highest BCUT2D eigenvalue weighted by Gasteiger charge is 2.35. The van der Waals surface area contributed by atoms with Gasteiger partial charge >= 0.3 is 0 Å². The van der Waals surface area contributed by atoms with Crippen molar-refractivity contribution in [2.24, 2.45) is 17.6 Å². The summed E-state index contributed by atoms with van der Waals surface area (Å²) in [6.45, 7) is 3.64. The molecule has 2 fully saturated rings. The minimum Gasteiger partial charge on any atom is -0.377 e. The molecule has 2 aliphatic rings. The number of piperidine rings is 1. The third-order valence-electron chi connectivity index (χ3n) is 5.10. The Morgan fingerprint density at radius 2 is 2.17 bits per heavy atom. The van der Waals surface area contributed by atoms with Gasteiger partial charge in [-0.05, 0) is 56.3 Å². The van der Waals surface area contributed by atoms with Gasteiger partial charge in [-0.2, -0.15) is 0 Å². The molecule has 1 aromatic rings. The van der Waals surface area contributed by atoms with Crippen molar-refractivity contribution < 1.29 is 9.53 Å². The van der Waals surface area contributed by atoms with Crippen LogP contribution < -0.4 is 5.73 Å². The maximum atomic E-state index is 11.5. The molecule has 0 bridgehead atoms. The van der Waals surface area contributed by atoms with Crippen LogP contribution in [0.15, 0.2) is 18.5 Å². The minimum atomic E-state index is -0.211. The van der Waals surface area contributed by atoms with E-state index in [1.807, 2.05) is 6.07 Å². The second kappa shape index (κ2) is 7.60. The summed E-state index contributed by atoms with van der Waals surface area (Å²) in [5, 5.41) is 0.735. The zero-order valence-corrected chi connectivity index (χ0v) is 14.0. The normalized spacial score (nSPS) is 26.5. The lowest BCUT2D eigenvalue weighted by atomic mass is 9.86. The number of halogens is 1. The number of carbonyl (C=O) groups is 1. The number of hydrogen-bond donors (Lipinski definition) is 1. The molecule has 0 radical (unpaired) electrons. The fraction of sp³-hybridized carbons (Fsp3) is 0.647. The Hall–Kier alpha value is -1.17. The zero-order valence-electron chi connectivity index (χ0n) is 13.3. The molecule has 1 aromatic heterocycles. The van der Waals surface area contributed by atoms with Gasteiger partial charge in [0.25, 0.3) is 0 Å². The summed E-state index contributed by atoms with van der Waals surface area (Å²) >= 11 is 6.18. The van der Waals surface area contributed by atoms with Gasteiger partial charge in [0.15, 0.2) is 0 Å². The Morgan fingerprint density at radius 1 is 1.39 bits per heavy atom. The van der Waals surface area contributed by atoms with Crippen LogP contribution in [0.1, 0.15) is 31.2 Å². The number of likely N-dealkylation sites (tertiary alicyclic amines) is 1. The average molecular weight is 338 g/mol. The van der Waals surface area contributed by atoms with Gasteiger partial charge < -0.3 is 10.5 Å². The number of pyridine rings is 1. The van der Waals surface area contributed by atoms with E-state index in [2.05, 4.69) is 9.88 Å². The number of amides is 1. The van der Waals surface area contributed by atoms with Gasteiger partial charge in [0.1, 0.15) is 0 Å². The quantitative estimate of drug-likeness (QED) is 0.894. The first-order valence-corrected chi connectivity index (χ1v) is 8.73. The molecule has 3 heterocycles. The molecule has 2 saturated heterocycles. The van der Waals surface area contributed by atoms with Crippen LogP contribution in [-0.4, -0.2) is 41.6 Å². The zero-order chi connectivity index (χ0) is 16.2. The van der Waals surface area contributed by atoms with Gasteiger partial charge in [-0.3, -0.25) is 14.7 Å². The molecule has 2 atom stereocenters. The third kappa shape index (κ3) is 4.22. The molecule has 0 spiro atoms. The Morgan fingerprint density at radius 3 is 2.87 bits per heavy atom. The largest absolute Gasteiger partial charge is 0.377 e. The van der Waals surface area contributed by atoms with Crippen LogP contribution in [0.25, 0.3) is 0 Å². The summed E-state index contributed by atoms with van der Waals surface area (Å²) in [7, 11) is 0. The Labute approximate surface area is 142 Å². The van der Waals surface area contributed by atoms with E-state index in [-0.39, 0.29) is 17.9 Å². The fourth-order valence-electron chi connectivity index (χ4n) is 3.69. The number of nitrogens with two attached hydrogens (primary N) is 1. The lowest BCUT2D eigenvalue weighted by molar-refractivity contribution is -0.123. The van der Waals surface area contributed by atoms with Gasteiger partial charge in [0, 0.05) is 25.5 Å². The van der Waals surface area contributed by atoms with Crippen molar-refractivity contribution in [2.75, 3.05) is 19.7 Å². The smallest absolute Gasteiger partial charge is 0.223 e. The maximum absolute atomic E-state index is 11.5. The van der Waals surface area contributed by atoms with Crippen molar-refractivity contribution >= 4 is 17.5 Å². The highest BCUT2D eigenvalue weighted by molar-refractivity contribution is 6.31. The molecular weight excluding hydrogens is 314 g/mol. The van der Waals surface area contributed by atoms with Gasteiger partial charge in [-0.1, -0.05) is 11.6 Å². The van der Waals surface area contributed by atoms with Gasteiger partial charge in [-0.25, -0.2) is 0 Å². The van der Waals surface area contributed by atoms with Crippen molar-refractivity contribution in [3.63, 3.8) is 0 Å². The van der Waals surface area contributed by atoms with Crippen LogP contribution in [0.3, 0.4) is 0 Å². The number of hydrogen-bond acceptors (Lipinski definition) is 4. The maximum Gasteiger partial charge on any atom is 0.223 e. The molecule has 0 unspecified atom stereocenters. The van der Waals surface area contributed by atoms with E-state index < -0.39 is 0 Å². The lowest BCUT2D eigenvalue weighted by Crippen LogP contribution is -2.36. The summed E-state index contributed by atoms with van der Waals surface area (Å²) in [6.07, 6.45) is 7.51. The van der Waals surface area contributed by atoms with Crippen LogP contribution in [0, 0.1) is 11.8 Å². The number of primary amides is 1. The monoisotopic (exact) mass is 337 g/mol. The van der Waals surface area contributed by atoms with Crippen LogP contribution in [0.4, 0.5) is 0 Å². The highest BCUT2D eigenvalue weighted by Crippen LogP contribution is 2.31. The SMILES string of the molecule is NC(=O)[C@@H]1CCO[C@@H]1CC1CCN(Cc2ccncc2Cl)CC1. The molecule has 6 heteroatoms. The third-order valence-corrected chi connectivity index (χ3v) is 5.44. The molecule has 0 saturated carbocycles. The molecule has 23 heavy (non-hydrogen) atoms. The topological polar surface area (TPSA) is 68.5 Å². The predicted molar refractivity (Wildman–Crippen MR) is 88.9 cm³/mol. The summed E-state index contributed by atoms with van der Waals surface area (Å²) in [6, 6.07) is 1.98. The average Bonchev–Trinajstić information content (AvgIpc) is 3.00. The van der Waals surface area contributed by atoms with E-state index in [1.165, 1.54) is 0 Å². The number of carbonyl (C=O) groups excluding carboxylic acids is 1. The van der Waals surface area contributed by atoms with Crippen LogP contribution in [0.2, 0.25) is 5.02 Å². The number of aromatic nitrogens is 1. The van der Waals surface area contributed by atoms with Crippen molar-refractivity contribution in [2.45, 2.75) is 38.3 Å². The number of nitrogens with zero attached hydrogens (tertiary/aromatic N) is 2. The first-order valence-electron chi connectivity index (χ1n) is 8.35. The minimum absolute atomic E-state index is 0.0266.